The van der Waals surface area contributed by atoms with Crippen LogP contribution in [0.5, 0.6) is 5.75 Å². The number of carbonyl (C=O) groups excluding carboxylic acids is 2. The Morgan fingerprint density at radius 3 is 2.38 bits per heavy atom. The van der Waals surface area contributed by atoms with Crippen molar-refractivity contribution in [1.29, 1.82) is 0 Å². The van der Waals surface area contributed by atoms with E-state index in [0.29, 0.717) is 33.6 Å². The first-order valence-corrected chi connectivity index (χ1v) is 12.6. The molecule has 37 heavy (non-hydrogen) atoms. The zero-order valence-electron chi connectivity index (χ0n) is 20.6. The third-order valence-electron chi connectivity index (χ3n) is 6.26. The first-order valence-electron chi connectivity index (χ1n) is 11.8. The van der Waals surface area contributed by atoms with Gasteiger partial charge < -0.3 is 9.84 Å². The molecule has 1 atom stereocenters. The van der Waals surface area contributed by atoms with Gasteiger partial charge >= 0.3 is 5.91 Å². The normalized spacial score (nSPS) is 16.8. The van der Waals surface area contributed by atoms with Gasteiger partial charge in [-0.3, -0.25) is 14.5 Å². The highest BCUT2D eigenvalue weighted by atomic mass is 32.1. The summed E-state index contributed by atoms with van der Waals surface area (Å²) in [4.78, 5) is 27.9. The zero-order valence-corrected chi connectivity index (χ0v) is 21.5. The molecule has 2 heterocycles. The Bertz CT molecular complexity index is 1510. The number of rotatable bonds is 6. The van der Waals surface area contributed by atoms with Crippen LogP contribution < -0.4 is 9.64 Å². The minimum atomic E-state index is -0.865. The van der Waals surface area contributed by atoms with E-state index in [9.17, 15) is 14.7 Å². The molecular weight excluding hydrogens is 486 g/mol. The number of ketones is 1. The first kappa shape index (κ1) is 24.4. The zero-order chi connectivity index (χ0) is 26.1. The number of hydrogen-bond donors (Lipinski definition) is 1. The molecule has 1 amide bonds. The maximum Gasteiger partial charge on any atom is 0.301 e. The van der Waals surface area contributed by atoms with E-state index >= 15 is 0 Å². The highest BCUT2D eigenvalue weighted by Gasteiger charge is 2.48. The summed E-state index contributed by atoms with van der Waals surface area (Å²) in [5, 5.41) is 20.5. The smallest absolute Gasteiger partial charge is 0.301 e. The number of ether oxygens (including phenoxy) is 1. The Morgan fingerprint density at radius 2 is 1.70 bits per heavy atom. The van der Waals surface area contributed by atoms with E-state index in [-0.39, 0.29) is 11.3 Å². The van der Waals surface area contributed by atoms with Gasteiger partial charge in [-0.15, -0.1) is 10.2 Å². The molecule has 1 aliphatic heterocycles. The van der Waals surface area contributed by atoms with Crippen LogP contribution in [0.15, 0.2) is 78.4 Å². The quantitative estimate of drug-likeness (QED) is 0.204. The molecule has 0 spiro atoms. The van der Waals surface area contributed by atoms with Gasteiger partial charge in [-0.1, -0.05) is 71.5 Å². The molecule has 186 valence electrons. The predicted octanol–water partition coefficient (Wildman–Crippen LogP) is 5.67. The van der Waals surface area contributed by atoms with Crippen molar-refractivity contribution in [3.63, 3.8) is 0 Å². The molecule has 8 heteroatoms. The average molecular weight is 512 g/mol. The van der Waals surface area contributed by atoms with Crippen LogP contribution in [0.1, 0.15) is 38.9 Å². The van der Waals surface area contributed by atoms with Crippen molar-refractivity contribution in [3.8, 4) is 5.75 Å². The Labute approximate surface area is 218 Å². The van der Waals surface area contributed by atoms with Gasteiger partial charge in [0.1, 0.15) is 23.1 Å². The van der Waals surface area contributed by atoms with Gasteiger partial charge in [0.25, 0.3) is 5.78 Å². The third-order valence-corrected chi connectivity index (χ3v) is 7.10. The maximum absolute atomic E-state index is 13.3. The van der Waals surface area contributed by atoms with Crippen molar-refractivity contribution in [3.05, 3.63) is 111 Å². The Kier molecular flexibility index (Phi) is 6.58. The van der Waals surface area contributed by atoms with Crippen LogP contribution >= 0.6 is 11.3 Å². The van der Waals surface area contributed by atoms with Crippen LogP contribution in [0.25, 0.3) is 5.76 Å². The number of carbonyl (C=O) groups is 2. The maximum atomic E-state index is 13.3. The van der Waals surface area contributed by atoms with Crippen molar-refractivity contribution >= 4 is 33.9 Å². The molecule has 0 aliphatic carbocycles. The second kappa shape index (κ2) is 9.99. The monoisotopic (exact) mass is 511 g/mol. The number of nitrogens with zero attached hydrogens (tertiary/aromatic N) is 3. The van der Waals surface area contributed by atoms with Crippen molar-refractivity contribution in [1.82, 2.24) is 10.2 Å². The van der Waals surface area contributed by atoms with Crippen LogP contribution in [-0.4, -0.2) is 27.0 Å². The van der Waals surface area contributed by atoms with Gasteiger partial charge in [0.2, 0.25) is 5.13 Å². The summed E-state index contributed by atoms with van der Waals surface area (Å²) < 4.78 is 5.91. The number of anilines is 1. The molecule has 1 aliphatic rings. The van der Waals surface area contributed by atoms with Gasteiger partial charge in [0.15, 0.2) is 0 Å². The number of amides is 1. The van der Waals surface area contributed by atoms with E-state index in [1.807, 2.05) is 62.4 Å². The summed E-state index contributed by atoms with van der Waals surface area (Å²) in [6.45, 7) is 5.95. The summed E-state index contributed by atoms with van der Waals surface area (Å²) in [6.07, 6.45) is 0. The summed E-state index contributed by atoms with van der Waals surface area (Å²) in [5.74, 6) is -1.08. The van der Waals surface area contributed by atoms with Crippen LogP contribution in [0, 0.1) is 20.8 Å². The SMILES string of the molecule is Cc1ccc(C)c(C(O)=C2C(=O)C(=O)N(c3nnc(C)s3)C2c2ccc(OCc3ccccc3)cc2)c1. The molecule has 0 saturated carbocycles. The molecule has 7 nitrogen and oxygen atoms in total. The number of aliphatic hydroxyl groups excluding tert-OH is 1. The standard InChI is InChI=1S/C29H25N3O4S/c1-17-9-10-18(2)23(15-17)26(33)24-25(32(28(35)27(24)34)29-31-30-19(3)37-29)21-11-13-22(14-12-21)36-16-20-7-5-4-6-8-20/h4-15,25,33H,16H2,1-3H3. The summed E-state index contributed by atoms with van der Waals surface area (Å²) in [7, 11) is 0. The number of hydrogen-bond acceptors (Lipinski definition) is 7. The lowest BCUT2D eigenvalue weighted by molar-refractivity contribution is -0.132. The van der Waals surface area contributed by atoms with E-state index in [1.165, 1.54) is 16.2 Å². The summed E-state index contributed by atoms with van der Waals surface area (Å²) in [6, 6.07) is 21.8. The van der Waals surface area contributed by atoms with Crippen LogP contribution in [-0.2, 0) is 16.2 Å². The molecule has 4 aromatic rings. The highest BCUT2D eigenvalue weighted by Crippen LogP contribution is 2.43. The number of Topliss-reactive ketones (excluding diaryl/α,β-unsaturated/α-hetero) is 1. The molecule has 1 aromatic heterocycles. The second-order valence-electron chi connectivity index (χ2n) is 8.93. The van der Waals surface area contributed by atoms with Crippen molar-refractivity contribution < 1.29 is 19.4 Å². The van der Waals surface area contributed by atoms with Gasteiger partial charge in [-0.25, -0.2) is 0 Å². The predicted molar refractivity (Wildman–Crippen MR) is 143 cm³/mol. The number of aliphatic hydroxyl groups is 1. The average Bonchev–Trinajstić information content (AvgIpc) is 3.45. The van der Waals surface area contributed by atoms with Crippen molar-refractivity contribution in [2.24, 2.45) is 0 Å². The topological polar surface area (TPSA) is 92.6 Å². The molecular formula is C29H25N3O4S. The van der Waals surface area contributed by atoms with Gasteiger partial charge in [0.05, 0.1) is 11.6 Å². The van der Waals surface area contributed by atoms with Crippen LogP contribution in [0.2, 0.25) is 0 Å². The summed E-state index contributed by atoms with van der Waals surface area (Å²) in [5.41, 5.74) is 3.94. The number of aromatic nitrogens is 2. The fraction of sp³-hybridized carbons (Fsp3) is 0.172. The van der Waals surface area contributed by atoms with E-state index in [0.717, 1.165) is 16.7 Å². The molecule has 1 saturated heterocycles. The van der Waals surface area contributed by atoms with E-state index in [1.54, 1.807) is 31.2 Å². The first-order chi connectivity index (χ1) is 17.8. The lowest BCUT2D eigenvalue weighted by Gasteiger charge is -2.23. The Morgan fingerprint density at radius 1 is 0.973 bits per heavy atom. The Balaban J connectivity index is 1.57. The van der Waals surface area contributed by atoms with E-state index < -0.39 is 17.7 Å². The lowest BCUT2D eigenvalue weighted by atomic mass is 9.93. The van der Waals surface area contributed by atoms with Gasteiger partial charge in [-0.05, 0) is 55.7 Å². The van der Waals surface area contributed by atoms with E-state index in [4.69, 9.17) is 4.74 Å². The highest BCUT2D eigenvalue weighted by molar-refractivity contribution is 7.15. The molecule has 5 rings (SSSR count). The fourth-order valence-electron chi connectivity index (χ4n) is 4.35. The minimum Gasteiger partial charge on any atom is -0.507 e. The fourth-order valence-corrected chi connectivity index (χ4v) is 5.07. The third kappa shape index (κ3) is 4.75. The number of aryl methyl sites for hydroxylation is 3. The molecule has 1 fully saturated rings. The van der Waals surface area contributed by atoms with Gasteiger partial charge in [0, 0.05) is 5.56 Å². The molecule has 3 aromatic carbocycles. The molecule has 0 radical (unpaired) electrons. The largest absolute Gasteiger partial charge is 0.507 e. The van der Waals surface area contributed by atoms with E-state index in [2.05, 4.69) is 10.2 Å². The van der Waals surface area contributed by atoms with Crippen LogP contribution in [0.4, 0.5) is 5.13 Å². The van der Waals surface area contributed by atoms with Crippen molar-refractivity contribution in [2.45, 2.75) is 33.4 Å². The lowest BCUT2D eigenvalue weighted by Crippen LogP contribution is -2.29. The van der Waals surface area contributed by atoms with Gasteiger partial charge in [-0.2, -0.15) is 0 Å². The van der Waals surface area contributed by atoms with Crippen LogP contribution in [0.3, 0.4) is 0 Å². The summed E-state index contributed by atoms with van der Waals surface area (Å²) >= 11 is 1.21. The minimum absolute atomic E-state index is 0.0181. The van der Waals surface area contributed by atoms with Crippen molar-refractivity contribution in [2.75, 3.05) is 4.90 Å². The number of benzene rings is 3. The molecule has 0 bridgehead atoms. The molecule has 1 unspecified atom stereocenters. The Hall–Kier alpha value is -4.30. The molecule has 1 N–H and O–H groups in total. The second-order valence-corrected chi connectivity index (χ2v) is 10.1.